The standard InChI is InChI=1S/C20H19ClN4O3/c1-12-15(21)5-4-6-16(12)25-20-22-10-13(11-23-20)19(26)24-14-7-8-17(27-2)18(9-14)28-3/h4-11H,1-3H3,(H,24,26)(H,22,23,25). The van der Waals surface area contributed by atoms with Gasteiger partial charge >= 0.3 is 0 Å². The Kier molecular flexibility index (Phi) is 5.96. The number of nitrogens with one attached hydrogen (secondary N) is 2. The third-order valence-electron chi connectivity index (χ3n) is 4.07. The monoisotopic (exact) mass is 398 g/mol. The highest BCUT2D eigenvalue weighted by Gasteiger charge is 2.11. The number of halogens is 1. The van der Waals surface area contributed by atoms with E-state index >= 15 is 0 Å². The van der Waals surface area contributed by atoms with Gasteiger partial charge in [-0.15, -0.1) is 0 Å². The molecule has 0 saturated carbocycles. The average Bonchev–Trinajstić information content (AvgIpc) is 2.71. The predicted octanol–water partition coefficient (Wildman–Crippen LogP) is 4.45. The van der Waals surface area contributed by atoms with Crippen molar-refractivity contribution in [1.29, 1.82) is 0 Å². The molecule has 0 fully saturated rings. The van der Waals surface area contributed by atoms with Crippen molar-refractivity contribution in [1.82, 2.24) is 9.97 Å². The molecule has 7 nitrogen and oxygen atoms in total. The van der Waals surface area contributed by atoms with Gasteiger partial charge in [-0.1, -0.05) is 17.7 Å². The van der Waals surface area contributed by atoms with Crippen LogP contribution in [0.4, 0.5) is 17.3 Å². The van der Waals surface area contributed by atoms with E-state index in [4.69, 9.17) is 21.1 Å². The van der Waals surface area contributed by atoms with Crippen molar-refractivity contribution >= 4 is 34.8 Å². The fourth-order valence-corrected chi connectivity index (χ4v) is 2.66. The van der Waals surface area contributed by atoms with Crippen molar-refractivity contribution in [3.05, 3.63) is 64.9 Å². The van der Waals surface area contributed by atoms with E-state index in [0.717, 1.165) is 11.3 Å². The molecule has 0 spiro atoms. The lowest BCUT2D eigenvalue weighted by molar-refractivity contribution is 0.102. The van der Waals surface area contributed by atoms with Crippen molar-refractivity contribution in [3.8, 4) is 11.5 Å². The van der Waals surface area contributed by atoms with Crippen LogP contribution >= 0.6 is 11.6 Å². The number of ether oxygens (including phenoxy) is 2. The Morgan fingerprint density at radius 1 is 1.04 bits per heavy atom. The van der Waals surface area contributed by atoms with E-state index in [-0.39, 0.29) is 5.91 Å². The van der Waals surface area contributed by atoms with E-state index in [1.807, 2.05) is 25.1 Å². The van der Waals surface area contributed by atoms with Crippen LogP contribution in [0.25, 0.3) is 0 Å². The summed E-state index contributed by atoms with van der Waals surface area (Å²) in [4.78, 5) is 20.8. The van der Waals surface area contributed by atoms with Gasteiger partial charge in [0.25, 0.3) is 5.91 Å². The Morgan fingerprint density at radius 2 is 1.75 bits per heavy atom. The summed E-state index contributed by atoms with van der Waals surface area (Å²) in [5, 5.41) is 6.51. The summed E-state index contributed by atoms with van der Waals surface area (Å²) in [5.41, 5.74) is 2.58. The zero-order valence-electron chi connectivity index (χ0n) is 15.6. The molecule has 144 valence electrons. The van der Waals surface area contributed by atoms with Crippen molar-refractivity contribution in [2.45, 2.75) is 6.92 Å². The highest BCUT2D eigenvalue weighted by molar-refractivity contribution is 6.31. The van der Waals surface area contributed by atoms with Gasteiger partial charge in [0.2, 0.25) is 5.95 Å². The lowest BCUT2D eigenvalue weighted by Crippen LogP contribution is -2.13. The first kappa shape index (κ1) is 19.4. The van der Waals surface area contributed by atoms with E-state index in [2.05, 4.69) is 20.6 Å². The summed E-state index contributed by atoms with van der Waals surface area (Å²) in [6.07, 6.45) is 2.90. The summed E-state index contributed by atoms with van der Waals surface area (Å²) in [7, 11) is 3.08. The summed E-state index contributed by atoms with van der Waals surface area (Å²) in [6, 6.07) is 10.6. The molecule has 0 aliphatic heterocycles. The summed E-state index contributed by atoms with van der Waals surface area (Å²) in [5.74, 6) is 1.13. The van der Waals surface area contributed by atoms with Gasteiger partial charge in [0.1, 0.15) is 0 Å². The minimum atomic E-state index is -0.335. The van der Waals surface area contributed by atoms with Crippen LogP contribution in [0.2, 0.25) is 5.02 Å². The van der Waals surface area contributed by atoms with Gasteiger partial charge in [0.05, 0.1) is 19.8 Å². The van der Waals surface area contributed by atoms with Gasteiger partial charge in [0.15, 0.2) is 11.5 Å². The molecule has 0 saturated heterocycles. The van der Waals surface area contributed by atoms with Gasteiger partial charge in [-0.25, -0.2) is 9.97 Å². The quantitative estimate of drug-likeness (QED) is 0.638. The van der Waals surface area contributed by atoms with Gasteiger partial charge in [-0.3, -0.25) is 4.79 Å². The number of carbonyl (C=O) groups excluding carboxylic acids is 1. The Hall–Kier alpha value is -3.32. The number of benzene rings is 2. The second-order valence-corrected chi connectivity index (χ2v) is 6.26. The highest BCUT2D eigenvalue weighted by atomic mass is 35.5. The van der Waals surface area contributed by atoms with Crippen LogP contribution < -0.4 is 20.1 Å². The van der Waals surface area contributed by atoms with Crippen LogP contribution in [0, 0.1) is 6.92 Å². The van der Waals surface area contributed by atoms with Gasteiger partial charge < -0.3 is 20.1 Å². The smallest absolute Gasteiger partial charge is 0.258 e. The molecular weight excluding hydrogens is 380 g/mol. The maximum absolute atomic E-state index is 12.4. The molecule has 0 unspecified atom stereocenters. The highest BCUT2D eigenvalue weighted by Crippen LogP contribution is 2.30. The van der Waals surface area contributed by atoms with Crippen LogP contribution in [0.1, 0.15) is 15.9 Å². The third-order valence-corrected chi connectivity index (χ3v) is 4.48. The first-order valence-corrected chi connectivity index (χ1v) is 8.77. The van der Waals surface area contributed by atoms with Crippen LogP contribution in [-0.2, 0) is 0 Å². The van der Waals surface area contributed by atoms with Crippen molar-refractivity contribution in [2.75, 3.05) is 24.9 Å². The summed E-state index contributed by atoms with van der Waals surface area (Å²) >= 11 is 6.11. The molecule has 1 heterocycles. The van der Waals surface area contributed by atoms with E-state index in [1.54, 1.807) is 25.3 Å². The summed E-state index contributed by atoms with van der Waals surface area (Å²) < 4.78 is 10.4. The van der Waals surface area contributed by atoms with E-state index < -0.39 is 0 Å². The molecule has 0 aliphatic carbocycles. The molecule has 3 rings (SSSR count). The van der Waals surface area contributed by atoms with Crippen LogP contribution in [-0.4, -0.2) is 30.1 Å². The maximum Gasteiger partial charge on any atom is 0.258 e. The normalized spacial score (nSPS) is 10.3. The number of amides is 1. The number of anilines is 3. The molecule has 0 radical (unpaired) electrons. The number of carbonyl (C=O) groups is 1. The van der Waals surface area contributed by atoms with Gasteiger partial charge in [-0.05, 0) is 36.8 Å². The Morgan fingerprint density at radius 3 is 2.43 bits per heavy atom. The second-order valence-electron chi connectivity index (χ2n) is 5.86. The number of hydrogen-bond donors (Lipinski definition) is 2. The predicted molar refractivity (Wildman–Crippen MR) is 109 cm³/mol. The zero-order valence-corrected chi connectivity index (χ0v) is 16.4. The lowest BCUT2D eigenvalue weighted by atomic mass is 10.2. The van der Waals surface area contributed by atoms with Crippen LogP contribution in [0.3, 0.4) is 0 Å². The van der Waals surface area contributed by atoms with Crippen LogP contribution in [0.15, 0.2) is 48.8 Å². The number of rotatable bonds is 6. The third kappa shape index (κ3) is 4.32. The number of methoxy groups -OCH3 is 2. The Balaban J connectivity index is 1.71. The molecule has 0 aliphatic rings. The molecule has 2 N–H and O–H groups in total. The van der Waals surface area contributed by atoms with Crippen LogP contribution in [0.5, 0.6) is 11.5 Å². The van der Waals surface area contributed by atoms with E-state index in [1.165, 1.54) is 19.5 Å². The summed E-state index contributed by atoms with van der Waals surface area (Å²) in [6.45, 7) is 1.90. The molecule has 1 aromatic heterocycles. The van der Waals surface area contributed by atoms with Gasteiger partial charge in [-0.2, -0.15) is 0 Å². The molecule has 2 aromatic carbocycles. The number of nitrogens with zero attached hydrogens (tertiary/aromatic N) is 2. The minimum Gasteiger partial charge on any atom is -0.493 e. The molecule has 28 heavy (non-hydrogen) atoms. The second kappa shape index (κ2) is 8.58. The molecule has 8 heteroatoms. The first-order valence-electron chi connectivity index (χ1n) is 8.39. The molecule has 0 bridgehead atoms. The average molecular weight is 399 g/mol. The molecule has 3 aromatic rings. The molecule has 1 amide bonds. The Labute approximate surface area is 167 Å². The molecular formula is C20H19ClN4O3. The number of aromatic nitrogens is 2. The largest absolute Gasteiger partial charge is 0.493 e. The lowest BCUT2D eigenvalue weighted by Gasteiger charge is -2.11. The number of hydrogen-bond acceptors (Lipinski definition) is 6. The fourth-order valence-electron chi connectivity index (χ4n) is 2.49. The first-order chi connectivity index (χ1) is 13.5. The Bertz CT molecular complexity index is 993. The minimum absolute atomic E-state index is 0.322. The van der Waals surface area contributed by atoms with Gasteiger partial charge in [0, 0.05) is 34.9 Å². The van der Waals surface area contributed by atoms with E-state index in [0.29, 0.717) is 33.7 Å². The SMILES string of the molecule is COc1ccc(NC(=O)c2cnc(Nc3cccc(Cl)c3C)nc2)cc1OC. The van der Waals surface area contributed by atoms with Crippen molar-refractivity contribution in [2.24, 2.45) is 0 Å². The van der Waals surface area contributed by atoms with Crippen molar-refractivity contribution in [3.63, 3.8) is 0 Å². The molecule has 0 atom stereocenters. The zero-order chi connectivity index (χ0) is 20.1. The van der Waals surface area contributed by atoms with E-state index in [9.17, 15) is 4.79 Å². The topological polar surface area (TPSA) is 85.4 Å². The fraction of sp³-hybridized carbons (Fsp3) is 0.150. The van der Waals surface area contributed by atoms with Crippen molar-refractivity contribution < 1.29 is 14.3 Å². The maximum atomic E-state index is 12.4.